The second-order valence-electron chi connectivity index (χ2n) is 5.70. The predicted octanol–water partition coefficient (Wildman–Crippen LogP) is 3.31. The molecule has 0 fully saturated rings. The second kappa shape index (κ2) is 7.09. The number of nitrogens with one attached hydrogen (secondary N) is 1. The Morgan fingerprint density at radius 1 is 1.19 bits per heavy atom. The van der Waals surface area contributed by atoms with Gasteiger partial charge in [0.2, 0.25) is 6.79 Å². The molecule has 0 atom stereocenters. The van der Waals surface area contributed by atoms with Gasteiger partial charge in [-0.1, -0.05) is 17.7 Å². The number of halogens is 1. The molecule has 1 aliphatic heterocycles. The van der Waals surface area contributed by atoms with Gasteiger partial charge in [-0.25, -0.2) is 0 Å². The summed E-state index contributed by atoms with van der Waals surface area (Å²) in [4.78, 5) is 16.4. The number of carbonyl (C=O) groups is 1. The predicted molar refractivity (Wildman–Crippen MR) is 96.7 cm³/mol. The smallest absolute Gasteiger partial charge is 0.258 e. The van der Waals surface area contributed by atoms with Crippen LogP contribution in [0.25, 0.3) is 10.9 Å². The summed E-state index contributed by atoms with van der Waals surface area (Å²) in [6, 6.07) is 12.7. The normalized spacial score (nSPS) is 12.2. The first-order valence-electron chi connectivity index (χ1n) is 8.02. The minimum absolute atomic E-state index is 0.113. The van der Waals surface area contributed by atoms with Crippen LogP contribution in [-0.2, 0) is 11.3 Å². The Labute approximate surface area is 154 Å². The molecule has 2 aromatic carbocycles. The van der Waals surface area contributed by atoms with E-state index in [-0.39, 0.29) is 19.3 Å². The van der Waals surface area contributed by atoms with E-state index in [1.807, 2.05) is 24.3 Å². The van der Waals surface area contributed by atoms with Gasteiger partial charge in [-0.15, -0.1) is 0 Å². The van der Waals surface area contributed by atoms with Crippen LogP contribution in [0, 0.1) is 0 Å². The van der Waals surface area contributed by atoms with Crippen LogP contribution in [-0.4, -0.2) is 24.3 Å². The first kappa shape index (κ1) is 16.5. The molecule has 0 saturated carbocycles. The lowest BCUT2D eigenvalue weighted by molar-refractivity contribution is -0.123. The largest absolute Gasteiger partial charge is 0.481 e. The molecule has 26 heavy (non-hydrogen) atoms. The van der Waals surface area contributed by atoms with Crippen molar-refractivity contribution in [3.63, 3.8) is 0 Å². The van der Waals surface area contributed by atoms with Gasteiger partial charge in [0.05, 0.1) is 5.02 Å². The maximum Gasteiger partial charge on any atom is 0.258 e. The lowest BCUT2D eigenvalue weighted by atomic mass is 10.2. The molecule has 1 N–H and O–H groups in total. The summed E-state index contributed by atoms with van der Waals surface area (Å²) < 4.78 is 16.2. The van der Waals surface area contributed by atoms with Gasteiger partial charge in [-0.3, -0.25) is 9.78 Å². The Hall–Kier alpha value is -2.99. The van der Waals surface area contributed by atoms with E-state index in [2.05, 4.69) is 10.3 Å². The van der Waals surface area contributed by atoms with Gasteiger partial charge in [-0.05, 0) is 42.0 Å². The molecule has 2 heterocycles. The van der Waals surface area contributed by atoms with Crippen molar-refractivity contribution < 1.29 is 19.0 Å². The van der Waals surface area contributed by atoms with Crippen molar-refractivity contribution in [1.82, 2.24) is 10.3 Å². The van der Waals surface area contributed by atoms with Crippen LogP contribution in [0.2, 0.25) is 5.02 Å². The Morgan fingerprint density at radius 2 is 2.08 bits per heavy atom. The number of fused-ring (bicyclic) bond motifs is 2. The highest BCUT2D eigenvalue weighted by molar-refractivity contribution is 6.35. The van der Waals surface area contributed by atoms with Crippen molar-refractivity contribution in [2.75, 3.05) is 13.4 Å². The number of carbonyl (C=O) groups excluding carboxylic acids is 1. The lowest BCUT2D eigenvalue weighted by Crippen LogP contribution is -2.28. The Balaban J connectivity index is 1.37. The quantitative estimate of drug-likeness (QED) is 0.746. The van der Waals surface area contributed by atoms with Crippen molar-refractivity contribution >= 4 is 28.4 Å². The molecule has 3 aromatic rings. The molecular formula is C19H15ClN2O4. The lowest BCUT2D eigenvalue weighted by Gasteiger charge is -2.10. The fourth-order valence-corrected chi connectivity index (χ4v) is 2.89. The van der Waals surface area contributed by atoms with E-state index in [4.69, 9.17) is 25.8 Å². The van der Waals surface area contributed by atoms with Crippen molar-refractivity contribution in [3.05, 3.63) is 59.2 Å². The number of pyridine rings is 1. The highest BCUT2D eigenvalue weighted by Crippen LogP contribution is 2.32. The molecule has 0 radical (unpaired) electrons. The van der Waals surface area contributed by atoms with Gasteiger partial charge in [-0.2, -0.15) is 0 Å². The summed E-state index contributed by atoms with van der Waals surface area (Å²) in [7, 11) is 0. The van der Waals surface area contributed by atoms with Crippen LogP contribution in [0.1, 0.15) is 5.56 Å². The Bertz CT molecular complexity index is 977. The van der Waals surface area contributed by atoms with Gasteiger partial charge >= 0.3 is 0 Å². The summed E-state index contributed by atoms with van der Waals surface area (Å²) in [6.07, 6.45) is 1.66. The third-order valence-corrected chi connectivity index (χ3v) is 4.29. The van der Waals surface area contributed by atoms with Crippen LogP contribution >= 0.6 is 11.6 Å². The van der Waals surface area contributed by atoms with Gasteiger partial charge < -0.3 is 19.5 Å². The first-order valence-corrected chi connectivity index (χ1v) is 8.40. The zero-order chi connectivity index (χ0) is 17.9. The van der Waals surface area contributed by atoms with Crippen molar-refractivity contribution in [2.24, 2.45) is 0 Å². The molecule has 1 aliphatic rings. The third kappa shape index (κ3) is 3.36. The van der Waals surface area contributed by atoms with Crippen molar-refractivity contribution in [2.45, 2.75) is 6.54 Å². The van der Waals surface area contributed by atoms with Crippen LogP contribution in [0.3, 0.4) is 0 Å². The zero-order valence-electron chi connectivity index (χ0n) is 13.7. The summed E-state index contributed by atoms with van der Waals surface area (Å²) >= 11 is 6.16. The summed E-state index contributed by atoms with van der Waals surface area (Å²) in [6.45, 7) is 0.485. The molecule has 132 valence electrons. The zero-order valence-corrected chi connectivity index (χ0v) is 14.5. The molecule has 0 spiro atoms. The standard InChI is InChI=1S/C19H15ClN2O4/c20-14-4-6-16(19-13(14)2-1-7-21-19)24-10-18(23)22-9-12-3-5-15-17(8-12)26-11-25-15/h1-8H,9-11H2,(H,22,23). The number of nitrogens with zero attached hydrogens (tertiary/aromatic N) is 1. The molecule has 0 aliphatic carbocycles. The maximum absolute atomic E-state index is 12.1. The molecule has 0 unspecified atom stereocenters. The van der Waals surface area contributed by atoms with Gasteiger partial charge in [0.25, 0.3) is 5.91 Å². The molecule has 0 saturated heterocycles. The van der Waals surface area contributed by atoms with Crippen LogP contribution in [0.5, 0.6) is 17.2 Å². The Morgan fingerprint density at radius 3 is 3.00 bits per heavy atom. The Kier molecular flexibility index (Phi) is 4.50. The molecule has 4 rings (SSSR count). The van der Waals surface area contributed by atoms with E-state index >= 15 is 0 Å². The van der Waals surface area contributed by atoms with E-state index < -0.39 is 0 Å². The molecule has 0 bridgehead atoms. The highest BCUT2D eigenvalue weighted by atomic mass is 35.5. The number of amides is 1. The molecule has 1 amide bonds. The van der Waals surface area contributed by atoms with Gasteiger partial charge in [0.15, 0.2) is 18.1 Å². The number of aromatic nitrogens is 1. The van der Waals surface area contributed by atoms with E-state index in [1.54, 1.807) is 24.4 Å². The highest BCUT2D eigenvalue weighted by Gasteiger charge is 2.14. The van der Waals surface area contributed by atoms with E-state index in [0.29, 0.717) is 34.3 Å². The van der Waals surface area contributed by atoms with E-state index in [0.717, 1.165) is 10.9 Å². The average Bonchev–Trinajstić information content (AvgIpc) is 3.14. The second-order valence-corrected chi connectivity index (χ2v) is 6.11. The minimum Gasteiger partial charge on any atom is -0.481 e. The van der Waals surface area contributed by atoms with E-state index in [1.165, 1.54) is 0 Å². The SMILES string of the molecule is O=C(COc1ccc(Cl)c2cccnc12)NCc1ccc2c(c1)OCO2. The van der Waals surface area contributed by atoms with Gasteiger partial charge in [0.1, 0.15) is 11.3 Å². The van der Waals surface area contributed by atoms with Crippen LogP contribution < -0.4 is 19.5 Å². The number of hydrogen-bond donors (Lipinski definition) is 1. The molecule has 6 nitrogen and oxygen atoms in total. The summed E-state index contributed by atoms with van der Waals surface area (Å²) in [5.41, 5.74) is 1.55. The minimum atomic E-state index is -0.235. The fraction of sp³-hybridized carbons (Fsp3) is 0.158. The molecular weight excluding hydrogens is 356 g/mol. The maximum atomic E-state index is 12.1. The fourth-order valence-electron chi connectivity index (χ4n) is 2.67. The number of ether oxygens (including phenoxy) is 3. The van der Waals surface area contributed by atoms with Crippen LogP contribution in [0.15, 0.2) is 48.7 Å². The van der Waals surface area contributed by atoms with E-state index in [9.17, 15) is 4.79 Å². The number of hydrogen-bond acceptors (Lipinski definition) is 5. The molecule has 7 heteroatoms. The number of rotatable bonds is 5. The number of benzene rings is 2. The van der Waals surface area contributed by atoms with Gasteiger partial charge in [0, 0.05) is 18.1 Å². The van der Waals surface area contributed by atoms with Crippen molar-refractivity contribution in [3.8, 4) is 17.2 Å². The monoisotopic (exact) mass is 370 g/mol. The summed E-state index contributed by atoms with van der Waals surface area (Å²) in [5.74, 6) is 1.68. The third-order valence-electron chi connectivity index (χ3n) is 3.96. The average molecular weight is 371 g/mol. The topological polar surface area (TPSA) is 69.7 Å². The van der Waals surface area contributed by atoms with Crippen molar-refractivity contribution in [1.29, 1.82) is 0 Å². The molecule has 1 aromatic heterocycles. The summed E-state index contributed by atoms with van der Waals surface area (Å²) in [5, 5.41) is 4.19. The van der Waals surface area contributed by atoms with Crippen LogP contribution in [0.4, 0.5) is 0 Å². The first-order chi connectivity index (χ1) is 12.7.